The Labute approximate surface area is 190 Å². The first kappa shape index (κ1) is 21.7. The van der Waals surface area contributed by atoms with E-state index in [4.69, 9.17) is 0 Å². The molecule has 0 bridgehead atoms. The smallest absolute Gasteiger partial charge is 0.382 e. The van der Waals surface area contributed by atoms with E-state index in [-0.39, 0.29) is 23.9 Å². The fraction of sp³-hybridized carbons (Fsp3) is 0.385. The molecule has 172 valence electrons. The molecule has 0 aliphatic heterocycles. The van der Waals surface area contributed by atoms with Gasteiger partial charge in [-0.3, -0.25) is 4.79 Å². The van der Waals surface area contributed by atoms with E-state index in [0.29, 0.717) is 16.6 Å². The van der Waals surface area contributed by atoms with Crippen LogP contribution in [0.15, 0.2) is 60.7 Å². The molecule has 33 heavy (non-hydrogen) atoms. The number of carbonyl (C=O) groups is 1. The molecule has 1 amide bonds. The van der Waals surface area contributed by atoms with Gasteiger partial charge in [-0.15, -0.1) is 0 Å². The third-order valence-corrected chi connectivity index (χ3v) is 6.63. The summed E-state index contributed by atoms with van der Waals surface area (Å²) in [5, 5.41) is 4.04. The second kappa shape index (κ2) is 8.69. The Hall–Kier alpha value is -3.09. The van der Waals surface area contributed by atoms with Crippen molar-refractivity contribution in [3.8, 4) is 0 Å². The van der Waals surface area contributed by atoms with Crippen LogP contribution in [0.1, 0.15) is 44.2 Å². The van der Waals surface area contributed by atoms with Crippen LogP contribution in [0, 0.1) is 5.92 Å². The second-order valence-electron chi connectivity index (χ2n) is 9.04. The molecule has 4 nitrogen and oxygen atoms in total. The predicted octanol–water partition coefficient (Wildman–Crippen LogP) is 6.42. The molecular weight excluding hydrogens is 427 g/mol. The summed E-state index contributed by atoms with van der Waals surface area (Å²) in [5.74, 6) is 0.331. The number of hydrogen-bond donors (Lipinski definition) is 1. The maximum Gasteiger partial charge on any atom is 0.433 e. The summed E-state index contributed by atoms with van der Waals surface area (Å²) >= 11 is 0. The number of alkyl halides is 3. The molecule has 7 heteroatoms. The van der Waals surface area contributed by atoms with Crippen molar-refractivity contribution in [3.05, 3.63) is 66.4 Å². The van der Waals surface area contributed by atoms with Crippen molar-refractivity contribution in [1.82, 2.24) is 4.98 Å². The molecule has 1 heterocycles. The molecule has 2 aromatic carbocycles. The number of carbonyl (C=O) groups excluding carboxylic acids is 1. The summed E-state index contributed by atoms with van der Waals surface area (Å²) in [6.45, 7) is 0. The molecule has 0 spiro atoms. The number of nitrogens with one attached hydrogen (secondary N) is 1. The molecule has 2 fully saturated rings. The minimum atomic E-state index is -4.50. The van der Waals surface area contributed by atoms with Crippen molar-refractivity contribution in [2.75, 3.05) is 10.2 Å². The number of halogens is 3. The molecule has 1 aromatic heterocycles. The molecule has 2 aliphatic carbocycles. The van der Waals surface area contributed by atoms with Crippen LogP contribution >= 0.6 is 0 Å². The first-order chi connectivity index (χ1) is 15.9. The van der Waals surface area contributed by atoms with Gasteiger partial charge in [0.05, 0.1) is 5.52 Å². The third-order valence-electron chi connectivity index (χ3n) is 6.63. The monoisotopic (exact) mass is 453 g/mol. The number of aromatic nitrogens is 1. The average molecular weight is 454 g/mol. The van der Waals surface area contributed by atoms with E-state index in [0.717, 1.165) is 50.3 Å². The summed E-state index contributed by atoms with van der Waals surface area (Å²) in [4.78, 5) is 18.8. The van der Waals surface area contributed by atoms with Gasteiger partial charge < -0.3 is 10.2 Å². The highest BCUT2D eigenvalue weighted by Gasteiger charge is 2.38. The lowest BCUT2D eigenvalue weighted by atomic mass is 9.89. The Morgan fingerprint density at radius 1 is 0.909 bits per heavy atom. The minimum Gasteiger partial charge on any atom is -0.382 e. The highest BCUT2D eigenvalue weighted by atomic mass is 19.4. The van der Waals surface area contributed by atoms with Crippen LogP contribution in [-0.4, -0.2) is 23.0 Å². The Bertz CT molecular complexity index is 1140. The lowest BCUT2D eigenvalue weighted by molar-refractivity contribution is -0.140. The van der Waals surface area contributed by atoms with Gasteiger partial charge in [-0.25, -0.2) is 4.98 Å². The van der Waals surface area contributed by atoms with Gasteiger partial charge in [0.15, 0.2) is 0 Å². The van der Waals surface area contributed by atoms with E-state index in [9.17, 15) is 18.0 Å². The van der Waals surface area contributed by atoms with Gasteiger partial charge in [-0.1, -0.05) is 36.4 Å². The van der Waals surface area contributed by atoms with Gasteiger partial charge >= 0.3 is 6.18 Å². The van der Waals surface area contributed by atoms with Gasteiger partial charge in [0.25, 0.3) is 0 Å². The molecule has 3 aromatic rings. The van der Waals surface area contributed by atoms with Crippen molar-refractivity contribution >= 4 is 28.2 Å². The van der Waals surface area contributed by atoms with Gasteiger partial charge in [0.1, 0.15) is 5.69 Å². The standard InChI is InChI=1S/C26H26F3N3O/c27-26(28,29)24-16-23(21-8-4-5-9-22(21)31-24)30-18-12-14-20(15-13-18)32(25(33)17-10-11-17)19-6-2-1-3-7-19/h1-9,16-18,20H,10-15H2,(H,30,31). The fourth-order valence-corrected chi connectivity index (χ4v) is 4.77. The summed E-state index contributed by atoms with van der Waals surface area (Å²) in [5.41, 5.74) is 0.836. The van der Waals surface area contributed by atoms with Gasteiger partial charge in [0, 0.05) is 34.8 Å². The zero-order valence-electron chi connectivity index (χ0n) is 18.2. The normalized spacial score (nSPS) is 21.1. The van der Waals surface area contributed by atoms with Crippen LogP contribution in [0.25, 0.3) is 10.9 Å². The van der Waals surface area contributed by atoms with Crippen molar-refractivity contribution in [3.63, 3.8) is 0 Å². The van der Waals surface area contributed by atoms with Gasteiger partial charge in [-0.05, 0) is 62.8 Å². The number of para-hydroxylation sites is 2. The lowest BCUT2D eigenvalue weighted by Gasteiger charge is -2.37. The molecule has 0 atom stereocenters. The minimum absolute atomic E-state index is 0.0433. The maximum absolute atomic E-state index is 13.4. The molecule has 2 saturated carbocycles. The third kappa shape index (κ3) is 4.68. The first-order valence-electron chi connectivity index (χ1n) is 11.5. The number of nitrogens with zero attached hydrogens (tertiary/aromatic N) is 2. The molecular formula is C26H26F3N3O. The van der Waals surface area contributed by atoms with Crippen LogP contribution in [0.4, 0.5) is 24.5 Å². The Kier molecular flexibility index (Phi) is 5.72. The van der Waals surface area contributed by atoms with Crippen LogP contribution in [0.3, 0.4) is 0 Å². The number of amides is 1. The quantitative estimate of drug-likeness (QED) is 0.485. The zero-order chi connectivity index (χ0) is 23.0. The topological polar surface area (TPSA) is 45.2 Å². The number of hydrogen-bond acceptors (Lipinski definition) is 3. The number of pyridine rings is 1. The van der Waals surface area contributed by atoms with Gasteiger partial charge in [0.2, 0.25) is 5.91 Å². The first-order valence-corrected chi connectivity index (χ1v) is 11.5. The molecule has 0 saturated heterocycles. The van der Waals surface area contributed by atoms with E-state index >= 15 is 0 Å². The Balaban J connectivity index is 1.33. The van der Waals surface area contributed by atoms with E-state index in [2.05, 4.69) is 10.3 Å². The summed E-state index contributed by atoms with van der Waals surface area (Å²) in [7, 11) is 0. The highest BCUT2D eigenvalue weighted by Crippen LogP contribution is 2.38. The zero-order valence-corrected chi connectivity index (χ0v) is 18.2. The van der Waals surface area contributed by atoms with Crippen LogP contribution < -0.4 is 10.2 Å². The summed E-state index contributed by atoms with van der Waals surface area (Å²) in [6, 6.07) is 18.0. The number of anilines is 2. The number of rotatable bonds is 5. The van der Waals surface area contributed by atoms with Crippen molar-refractivity contribution in [2.45, 2.75) is 56.8 Å². The van der Waals surface area contributed by atoms with E-state index in [1.165, 1.54) is 0 Å². The van der Waals surface area contributed by atoms with Crippen LogP contribution in [0.5, 0.6) is 0 Å². The number of fused-ring (bicyclic) bond motifs is 1. The van der Waals surface area contributed by atoms with E-state index in [1.807, 2.05) is 35.2 Å². The molecule has 1 N–H and O–H groups in total. The lowest BCUT2D eigenvalue weighted by Crippen LogP contribution is -2.45. The van der Waals surface area contributed by atoms with E-state index < -0.39 is 11.9 Å². The molecule has 2 aliphatic rings. The molecule has 0 unspecified atom stereocenters. The second-order valence-corrected chi connectivity index (χ2v) is 9.04. The van der Waals surface area contributed by atoms with Gasteiger partial charge in [-0.2, -0.15) is 13.2 Å². The summed E-state index contributed by atoms with van der Waals surface area (Å²) in [6.07, 6.45) is 0.581. The van der Waals surface area contributed by atoms with Crippen molar-refractivity contribution < 1.29 is 18.0 Å². The SMILES string of the molecule is O=C(C1CC1)N(c1ccccc1)C1CCC(Nc2cc(C(F)(F)F)nc3ccccc23)CC1. The Morgan fingerprint density at radius 2 is 1.58 bits per heavy atom. The maximum atomic E-state index is 13.4. The predicted molar refractivity (Wildman–Crippen MR) is 123 cm³/mol. The van der Waals surface area contributed by atoms with Crippen molar-refractivity contribution in [1.29, 1.82) is 0 Å². The number of benzene rings is 2. The van der Waals surface area contributed by atoms with Crippen LogP contribution in [-0.2, 0) is 11.0 Å². The van der Waals surface area contributed by atoms with Crippen molar-refractivity contribution in [2.24, 2.45) is 5.92 Å². The van der Waals surface area contributed by atoms with E-state index in [1.54, 1.807) is 24.3 Å². The Morgan fingerprint density at radius 3 is 2.24 bits per heavy atom. The molecule has 5 rings (SSSR count). The molecule has 0 radical (unpaired) electrons. The fourth-order valence-electron chi connectivity index (χ4n) is 4.77. The van der Waals surface area contributed by atoms with Crippen LogP contribution in [0.2, 0.25) is 0 Å². The average Bonchev–Trinajstić information content (AvgIpc) is 3.66. The summed E-state index contributed by atoms with van der Waals surface area (Å²) < 4.78 is 40.2. The largest absolute Gasteiger partial charge is 0.433 e. The highest BCUT2D eigenvalue weighted by molar-refractivity contribution is 5.97.